The highest BCUT2D eigenvalue weighted by molar-refractivity contribution is 7.92. The number of carboxylic acid groups (broad SMARTS) is 1. The normalized spacial score (nSPS) is 12.0. The fraction of sp³-hybridized carbons (Fsp3) is 0.188. The van der Waals surface area contributed by atoms with Crippen LogP contribution in [-0.4, -0.2) is 29.9 Å². The van der Waals surface area contributed by atoms with Crippen molar-refractivity contribution < 1.29 is 26.7 Å². The number of nitrogens with one attached hydrogen (secondary N) is 2. The summed E-state index contributed by atoms with van der Waals surface area (Å²) in [5.41, 5.74) is 0.777. The largest absolute Gasteiger partial charge is 0.545 e. The van der Waals surface area contributed by atoms with Gasteiger partial charge in [0.1, 0.15) is 0 Å². The van der Waals surface area contributed by atoms with Crippen LogP contribution >= 0.6 is 0 Å². The number of carbonyl (C=O) groups excluding carboxylic acids is 1. The molecule has 2 aromatic rings. The van der Waals surface area contributed by atoms with Crippen molar-refractivity contribution in [2.45, 2.75) is 23.6 Å². The van der Waals surface area contributed by atoms with Gasteiger partial charge in [-0.3, -0.25) is 4.72 Å². The van der Waals surface area contributed by atoms with Gasteiger partial charge in [0.15, 0.2) is 0 Å². The van der Waals surface area contributed by atoms with Crippen LogP contribution in [0.15, 0.2) is 46.2 Å². The average molecular weight is 397 g/mol. The molecule has 0 aliphatic heterocycles. The van der Waals surface area contributed by atoms with Gasteiger partial charge in [-0.2, -0.15) is 0 Å². The predicted molar refractivity (Wildman–Crippen MR) is 93.7 cm³/mol. The van der Waals surface area contributed by atoms with E-state index in [4.69, 9.17) is 0 Å². The third-order valence-corrected chi connectivity index (χ3v) is 6.77. The van der Waals surface area contributed by atoms with Gasteiger partial charge in [0.25, 0.3) is 10.0 Å². The molecule has 2 aromatic carbocycles. The SMILES string of the molecule is CNS(=O)(=O)c1ccc(NS(=O)(=O)c2cc(C(=O)[O-])cc(C)c2C)cc1. The van der Waals surface area contributed by atoms with Crippen LogP contribution in [0, 0.1) is 13.8 Å². The highest BCUT2D eigenvalue weighted by Gasteiger charge is 2.20. The number of aryl methyl sites for hydroxylation is 1. The lowest BCUT2D eigenvalue weighted by Crippen LogP contribution is -2.24. The molecule has 0 fully saturated rings. The van der Waals surface area contributed by atoms with Crippen LogP contribution in [0.5, 0.6) is 0 Å². The second-order valence-electron chi connectivity index (χ2n) is 5.54. The summed E-state index contributed by atoms with van der Waals surface area (Å²) >= 11 is 0. The zero-order valence-electron chi connectivity index (χ0n) is 14.2. The summed E-state index contributed by atoms with van der Waals surface area (Å²) in [6.07, 6.45) is 0. The number of rotatable bonds is 6. The standard InChI is InChI=1S/C16H18N2O6S2/c1-10-8-12(16(19)20)9-15(11(10)2)26(23,24)18-13-4-6-14(7-5-13)25(21,22)17-3/h4-9,17-18H,1-3H3,(H,19,20)/p-1. The Morgan fingerprint density at radius 2 is 1.54 bits per heavy atom. The maximum atomic E-state index is 12.6. The first-order valence-electron chi connectivity index (χ1n) is 7.37. The zero-order valence-corrected chi connectivity index (χ0v) is 15.9. The van der Waals surface area contributed by atoms with Crippen LogP contribution in [0.2, 0.25) is 0 Å². The molecule has 0 aliphatic carbocycles. The third kappa shape index (κ3) is 4.03. The van der Waals surface area contributed by atoms with E-state index in [1.807, 2.05) is 0 Å². The Hall–Kier alpha value is -2.43. The number of hydrogen-bond acceptors (Lipinski definition) is 6. The smallest absolute Gasteiger partial charge is 0.262 e. The second kappa shape index (κ2) is 7.06. The molecule has 2 rings (SSSR count). The first kappa shape index (κ1) is 19.9. The first-order valence-corrected chi connectivity index (χ1v) is 10.3. The summed E-state index contributed by atoms with van der Waals surface area (Å²) in [7, 11) is -6.46. The van der Waals surface area contributed by atoms with Gasteiger partial charge >= 0.3 is 0 Å². The summed E-state index contributed by atoms with van der Waals surface area (Å²) in [5.74, 6) is -1.48. The molecule has 0 spiro atoms. The molecule has 0 radical (unpaired) electrons. The summed E-state index contributed by atoms with van der Waals surface area (Å²) in [4.78, 5) is 10.9. The number of sulfonamides is 2. The molecule has 0 saturated heterocycles. The van der Waals surface area contributed by atoms with E-state index in [-0.39, 0.29) is 21.0 Å². The topological polar surface area (TPSA) is 132 Å². The fourth-order valence-electron chi connectivity index (χ4n) is 2.25. The van der Waals surface area contributed by atoms with Crippen molar-refractivity contribution >= 4 is 31.7 Å². The number of benzene rings is 2. The van der Waals surface area contributed by atoms with Crippen LogP contribution in [0.1, 0.15) is 21.5 Å². The van der Waals surface area contributed by atoms with E-state index in [0.717, 1.165) is 6.07 Å². The number of carbonyl (C=O) groups is 1. The number of hydrogen-bond donors (Lipinski definition) is 2. The molecule has 10 heteroatoms. The molecule has 0 amide bonds. The summed E-state index contributed by atoms with van der Waals surface area (Å²) in [5, 5.41) is 11.1. The van der Waals surface area contributed by atoms with E-state index in [9.17, 15) is 26.7 Å². The van der Waals surface area contributed by atoms with Crippen molar-refractivity contribution in [3.8, 4) is 0 Å². The van der Waals surface area contributed by atoms with Gasteiger partial charge in [-0.05, 0) is 74.0 Å². The van der Waals surface area contributed by atoms with Crippen LogP contribution in [0.4, 0.5) is 5.69 Å². The maximum Gasteiger partial charge on any atom is 0.262 e. The Morgan fingerprint density at radius 3 is 2.04 bits per heavy atom. The molecule has 0 aromatic heterocycles. The third-order valence-electron chi connectivity index (χ3n) is 3.83. The molecule has 0 heterocycles. The van der Waals surface area contributed by atoms with E-state index < -0.39 is 26.0 Å². The molecule has 0 unspecified atom stereocenters. The molecular weight excluding hydrogens is 380 g/mol. The molecule has 0 saturated carbocycles. The van der Waals surface area contributed by atoms with E-state index in [1.54, 1.807) is 13.8 Å². The fourth-order valence-corrected chi connectivity index (χ4v) is 4.39. The Morgan fingerprint density at radius 1 is 0.962 bits per heavy atom. The van der Waals surface area contributed by atoms with Gasteiger partial charge in [0, 0.05) is 5.69 Å². The van der Waals surface area contributed by atoms with Crippen LogP contribution in [-0.2, 0) is 20.0 Å². The number of aromatic carboxylic acids is 1. The lowest BCUT2D eigenvalue weighted by Gasteiger charge is -2.15. The monoisotopic (exact) mass is 397 g/mol. The van der Waals surface area contributed by atoms with Crippen molar-refractivity contribution in [2.24, 2.45) is 0 Å². The summed E-state index contributed by atoms with van der Waals surface area (Å²) < 4.78 is 53.1. The highest BCUT2D eigenvalue weighted by atomic mass is 32.2. The molecule has 140 valence electrons. The van der Waals surface area contributed by atoms with E-state index >= 15 is 0 Å². The Labute approximate surface area is 152 Å². The van der Waals surface area contributed by atoms with Gasteiger partial charge in [-0.1, -0.05) is 0 Å². The average Bonchev–Trinajstić information content (AvgIpc) is 2.56. The summed E-state index contributed by atoms with van der Waals surface area (Å²) in [6.45, 7) is 3.16. The van der Waals surface area contributed by atoms with Gasteiger partial charge in [0.2, 0.25) is 10.0 Å². The Bertz CT molecular complexity index is 1060. The maximum absolute atomic E-state index is 12.6. The minimum absolute atomic E-state index is 0.0195. The number of carboxylic acids is 1. The van der Waals surface area contributed by atoms with Crippen molar-refractivity contribution in [3.63, 3.8) is 0 Å². The molecule has 2 N–H and O–H groups in total. The second-order valence-corrected chi connectivity index (χ2v) is 9.08. The lowest BCUT2D eigenvalue weighted by molar-refractivity contribution is -0.255. The quantitative estimate of drug-likeness (QED) is 0.724. The Balaban J connectivity index is 2.42. The van der Waals surface area contributed by atoms with Crippen molar-refractivity contribution in [3.05, 3.63) is 53.1 Å². The van der Waals surface area contributed by atoms with Crippen LogP contribution in [0.25, 0.3) is 0 Å². The first-order chi connectivity index (χ1) is 12.0. The highest BCUT2D eigenvalue weighted by Crippen LogP contribution is 2.24. The molecule has 26 heavy (non-hydrogen) atoms. The van der Waals surface area contributed by atoms with Crippen LogP contribution < -0.4 is 14.6 Å². The predicted octanol–water partition coefficient (Wildman–Crippen LogP) is 0.376. The van der Waals surface area contributed by atoms with E-state index in [2.05, 4.69) is 9.44 Å². The van der Waals surface area contributed by atoms with Crippen molar-refractivity contribution in [1.29, 1.82) is 0 Å². The molecule has 0 bridgehead atoms. The van der Waals surface area contributed by atoms with Crippen molar-refractivity contribution in [1.82, 2.24) is 4.72 Å². The number of anilines is 1. The zero-order chi connectivity index (χ0) is 19.7. The van der Waals surface area contributed by atoms with Gasteiger partial charge < -0.3 is 9.90 Å². The molecule has 8 nitrogen and oxygen atoms in total. The van der Waals surface area contributed by atoms with Gasteiger partial charge in [0.05, 0.1) is 15.8 Å². The molecular formula is C16H17N2O6S2-. The molecule has 0 aliphatic rings. The minimum Gasteiger partial charge on any atom is -0.545 e. The van der Waals surface area contributed by atoms with Gasteiger partial charge in [-0.15, -0.1) is 0 Å². The van der Waals surface area contributed by atoms with Crippen molar-refractivity contribution in [2.75, 3.05) is 11.8 Å². The van der Waals surface area contributed by atoms with E-state index in [0.29, 0.717) is 11.1 Å². The summed E-state index contributed by atoms with van der Waals surface area (Å²) in [6, 6.07) is 7.46. The molecule has 0 atom stereocenters. The van der Waals surface area contributed by atoms with Gasteiger partial charge in [-0.25, -0.2) is 21.6 Å². The van der Waals surface area contributed by atoms with E-state index in [1.165, 1.54) is 37.4 Å². The lowest BCUT2D eigenvalue weighted by atomic mass is 10.1. The van der Waals surface area contributed by atoms with Crippen LogP contribution in [0.3, 0.4) is 0 Å². The Kier molecular flexibility index (Phi) is 5.40. The minimum atomic E-state index is -4.08.